The Morgan fingerprint density at radius 2 is 2.22 bits per heavy atom. The van der Waals surface area contributed by atoms with Gasteiger partial charge < -0.3 is 19.3 Å². The highest BCUT2D eigenvalue weighted by atomic mass is 16.5. The van der Waals surface area contributed by atoms with E-state index in [0.29, 0.717) is 29.4 Å². The van der Waals surface area contributed by atoms with Crippen LogP contribution in [0.3, 0.4) is 0 Å². The number of hydrogen-bond acceptors (Lipinski definition) is 6. The topological polar surface area (TPSA) is 85.3 Å². The van der Waals surface area contributed by atoms with Crippen LogP contribution in [0.15, 0.2) is 12.1 Å². The third-order valence-electron chi connectivity index (χ3n) is 3.48. The van der Waals surface area contributed by atoms with E-state index in [0.717, 1.165) is 12.8 Å². The summed E-state index contributed by atoms with van der Waals surface area (Å²) in [6.45, 7) is 1.74. The molecular weight excluding hydrogens is 302 g/mol. The van der Waals surface area contributed by atoms with Gasteiger partial charge in [0, 0.05) is 0 Å². The molecule has 0 fully saturated rings. The van der Waals surface area contributed by atoms with Gasteiger partial charge in [0.1, 0.15) is 6.54 Å². The molecule has 2 rings (SSSR count). The van der Waals surface area contributed by atoms with Crippen molar-refractivity contribution in [1.82, 2.24) is 0 Å². The minimum absolute atomic E-state index is 0.177. The quantitative estimate of drug-likeness (QED) is 0.600. The average Bonchev–Trinajstić information content (AvgIpc) is 2.56. The lowest BCUT2D eigenvalue weighted by Gasteiger charge is -2.30. The summed E-state index contributed by atoms with van der Waals surface area (Å²) >= 11 is 0. The highest BCUT2D eigenvalue weighted by Gasteiger charge is 2.30. The normalized spacial score (nSPS) is 13.3. The molecule has 1 aliphatic rings. The lowest BCUT2D eigenvalue weighted by molar-refractivity contribution is -0.143. The van der Waals surface area contributed by atoms with E-state index in [9.17, 15) is 14.7 Å². The maximum atomic E-state index is 12.1. The van der Waals surface area contributed by atoms with Crippen LogP contribution in [0, 0.1) is 0 Å². The van der Waals surface area contributed by atoms with Crippen LogP contribution in [0.4, 0.5) is 5.69 Å². The average molecular weight is 323 g/mol. The van der Waals surface area contributed by atoms with Crippen LogP contribution >= 0.6 is 0 Å². The molecule has 0 saturated heterocycles. The number of benzene rings is 1. The number of fused-ring (bicyclic) bond motifs is 1. The molecule has 0 radical (unpaired) electrons. The van der Waals surface area contributed by atoms with Crippen LogP contribution in [0.2, 0.25) is 0 Å². The SMILES string of the molecule is CCCCOC(=O)CN1C(=O)COc2c(OC)cc(CO)cc21. The highest BCUT2D eigenvalue weighted by Crippen LogP contribution is 2.41. The Kier molecular flexibility index (Phi) is 5.81. The molecule has 1 aromatic carbocycles. The van der Waals surface area contributed by atoms with Gasteiger partial charge in [0.15, 0.2) is 18.1 Å². The summed E-state index contributed by atoms with van der Waals surface area (Å²) < 4.78 is 15.8. The van der Waals surface area contributed by atoms with Crippen LogP contribution < -0.4 is 14.4 Å². The molecule has 0 bridgehead atoms. The van der Waals surface area contributed by atoms with E-state index >= 15 is 0 Å². The third kappa shape index (κ3) is 3.92. The molecule has 0 unspecified atom stereocenters. The second-order valence-electron chi connectivity index (χ2n) is 5.15. The number of anilines is 1. The number of methoxy groups -OCH3 is 1. The first-order valence-corrected chi connectivity index (χ1v) is 7.51. The number of nitrogens with zero attached hydrogens (tertiary/aromatic N) is 1. The molecule has 7 heteroatoms. The molecule has 0 aromatic heterocycles. The summed E-state index contributed by atoms with van der Waals surface area (Å²) in [5.41, 5.74) is 0.959. The minimum atomic E-state index is -0.479. The predicted octanol–water partition coefficient (Wildman–Crippen LogP) is 1.26. The Hall–Kier alpha value is -2.28. The van der Waals surface area contributed by atoms with E-state index in [2.05, 4.69) is 0 Å². The number of carbonyl (C=O) groups is 2. The number of aliphatic hydroxyl groups is 1. The van der Waals surface area contributed by atoms with Gasteiger partial charge in [0.25, 0.3) is 5.91 Å². The Morgan fingerprint density at radius 3 is 2.87 bits per heavy atom. The molecule has 1 amide bonds. The lowest BCUT2D eigenvalue weighted by atomic mass is 10.1. The second-order valence-corrected chi connectivity index (χ2v) is 5.15. The summed E-state index contributed by atoms with van der Waals surface area (Å²) in [6, 6.07) is 3.24. The molecule has 7 nitrogen and oxygen atoms in total. The number of ether oxygens (including phenoxy) is 3. The molecule has 23 heavy (non-hydrogen) atoms. The van der Waals surface area contributed by atoms with Crippen molar-refractivity contribution in [3.05, 3.63) is 17.7 Å². The van der Waals surface area contributed by atoms with Gasteiger partial charge in [-0.1, -0.05) is 13.3 Å². The smallest absolute Gasteiger partial charge is 0.326 e. The summed E-state index contributed by atoms with van der Waals surface area (Å²) in [5, 5.41) is 9.35. The van der Waals surface area contributed by atoms with Crippen LogP contribution in [-0.2, 0) is 20.9 Å². The number of hydrogen-bond donors (Lipinski definition) is 1. The fourth-order valence-corrected chi connectivity index (χ4v) is 2.26. The molecular formula is C16H21NO6. The van der Waals surface area contributed by atoms with Crippen molar-refractivity contribution in [3.8, 4) is 11.5 Å². The molecule has 1 aliphatic heterocycles. The zero-order valence-corrected chi connectivity index (χ0v) is 13.3. The summed E-state index contributed by atoms with van der Waals surface area (Å²) in [6.07, 6.45) is 1.70. The van der Waals surface area contributed by atoms with Crippen LogP contribution in [-0.4, -0.2) is 43.9 Å². The van der Waals surface area contributed by atoms with Crippen molar-refractivity contribution in [1.29, 1.82) is 0 Å². The molecule has 1 N–H and O–H groups in total. The van der Waals surface area contributed by atoms with E-state index in [-0.39, 0.29) is 25.7 Å². The number of esters is 1. The fraction of sp³-hybridized carbons (Fsp3) is 0.500. The van der Waals surface area contributed by atoms with E-state index in [1.165, 1.54) is 12.0 Å². The van der Waals surface area contributed by atoms with Crippen molar-refractivity contribution >= 4 is 17.6 Å². The molecule has 0 atom stereocenters. The van der Waals surface area contributed by atoms with Crippen molar-refractivity contribution in [2.24, 2.45) is 0 Å². The minimum Gasteiger partial charge on any atom is -0.493 e. The van der Waals surface area contributed by atoms with Crippen molar-refractivity contribution in [2.45, 2.75) is 26.4 Å². The first-order chi connectivity index (χ1) is 11.1. The van der Waals surface area contributed by atoms with Gasteiger partial charge >= 0.3 is 5.97 Å². The van der Waals surface area contributed by atoms with Gasteiger partial charge in [-0.05, 0) is 24.1 Å². The number of aliphatic hydroxyl groups excluding tert-OH is 1. The molecule has 0 saturated carbocycles. The van der Waals surface area contributed by atoms with E-state index in [1.807, 2.05) is 6.92 Å². The molecule has 1 heterocycles. The fourth-order valence-electron chi connectivity index (χ4n) is 2.26. The van der Waals surface area contributed by atoms with E-state index in [1.54, 1.807) is 12.1 Å². The first-order valence-electron chi connectivity index (χ1n) is 7.51. The van der Waals surface area contributed by atoms with Crippen LogP contribution in [0.5, 0.6) is 11.5 Å². The van der Waals surface area contributed by atoms with E-state index < -0.39 is 5.97 Å². The number of unbranched alkanes of at least 4 members (excludes halogenated alkanes) is 1. The zero-order valence-electron chi connectivity index (χ0n) is 13.3. The largest absolute Gasteiger partial charge is 0.493 e. The Morgan fingerprint density at radius 1 is 1.43 bits per heavy atom. The summed E-state index contributed by atoms with van der Waals surface area (Å²) in [4.78, 5) is 25.3. The van der Waals surface area contributed by atoms with Gasteiger partial charge in [-0.25, -0.2) is 0 Å². The maximum Gasteiger partial charge on any atom is 0.326 e. The van der Waals surface area contributed by atoms with Gasteiger partial charge in [0.2, 0.25) is 0 Å². The monoisotopic (exact) mass is 323 g/mol. The standard InChI is InChI=1S/C16H21NO6/c1-3-4-5-22-15(20)8-17-12-6-11(9-18)7-13(21-2)16(12)23-10-14(17)19/h6-7,18H,3-5,8-10H2,1-2H3. The van der Waals surface area contributed by atoms with Crippen LogP contribution in [0.1, 0.15) is 25.3 Å². The molecule has 126 valence electrons. The zero-order chi connectivity index (χ0) is 16.8. The Balaban J connectivity index is 2.24. The summed E-state index contributed by atoms with van der Waals surface area (Å²) in [5.74, 6) is -0.0378. The van der Waals surface area contributed by atoms with E-state index in [4.69, 9.17) is 14.2 Å². The highest BCUT2D eigenvalue weighted by molar-refractivity contribution is 6.02. The van der Waals surface area contributed by atoms with Gasteiger partial charge in [-0.15, -0.1) is 0 Å². The maximum absolute atomic E-state index is 12.1. The predicted molar refractivity (Wildman–Crippen MR) is 82.6 cm³/mol. The van der Waals surface area contributed by atoms with Gasteiger partial charge in [-0.2, -0.15) is 0 Å². The Bertz CT molecular complexity index is 586. The van der Waals surface area contributed by atoms with Crippen molar-refractivity contribution in [2.75, 3.05) is 31.8 Å². The van der Waals surface area contributed by atoms with Crippen molar-refractivity contribution in [3.63, 3.8) is 0 Å². The van der Waals surface area contributed by atoms with Gasteiger partial charge in [0.05, 0.1) is 26.0 Å². The molecule has 0 aliphatic carbocycles. The number of rotatable bonds is 7. The number of carbonyl (C=O) groups excluding carboxylic acids is 2. The first kappa shape index (κ1) is 17.1. The summed E-state index contributed by atoms with van der Waals surface area (Å²) in [7, 11) is 1.47. The number of amides is 1. The molecule has 0 spiro atoms. The second kappa shape index (κ2) is 7.82. The van der Waals surface area contributed by atoms with Gasteiger partial charge in [-0.3, -0.25) is 14.5 Å². The third-order valence-corrected chi connectivity index (χ3v) is 3.48. The van der Waals surface area contributed by atoms with Crippen molar-refractivity contribution < 1.29 is 28.9 Å². The lowest BCUT2D eigenvalue weighted by Crippen LogP contribution is -2.42. The van der Waals surface area contributed by atoms with Crippen LogP contribution in [0.25, 0.3) is 0 Å². The molecule has 1 aromatic rings. The Labute approximate surface area is 134 Å².